The molecule has 3 aliphatic carbocycles. The number of hydrogen-bond donors (Lipinski definition) is 1. The topological polar surface area (TPSA) is 143 Å². The molecule has 14 nitrogen and oxygen atoms in total. The molecule has 2 aromatic heterocycles. The van der Waals surface area contributed by atoms with Crippen LogP contribution in [0.25, 0.3) is 11.1 Å². The Morgan fingerprint density at radius 2 is 1.60 bits per heavy atom. The SMILES string of the molecule is COc1cc(OC2C(C)(C)C(NC(=O)c3ccc(OC4CC5(CCC(N6CCC(n7nc(N8CCCc9cc(-c%10cnn(C)c%10)c(C(F)F)cc98)c8c7CCN(C(C)=O)C8)CC6)CC5)C4)cc3)C2(C)C)ccc1C#N. The number of hydrogen-bond acceptors (Lipinski definition) is 10. The van der Waals surface area contributed by atoms with Gasteiger partial charge in [0.05, 0.1) is 37.6 Å². The van der Waals surface area contributed by atoms with Crippen molar-refractivity contribution in [3.05, 3.63) is 101 Å². The number of nitriles is 1. The predicted molar refractivity (Wildman–Crippen MR) is 282 cm³/mol. The molecule has 396 valence electrons. The average molecular weight is 1020 g/mol. The van der Waals surface area contributed by atoms with Gasteiger partial charge in [-0.3, -0.25) is 19.0 Å². The number of alkyl halides is 2. The van der Waals surface area contributed by atoms with E-state index < -0.39 is 6.43 Å². The van der Waals surface area contributed by atoms with Crippen LogP contribution in [0.2, 0.25) is 0 Å². The maximum absolute atomic E-state index is 14.8. The molecule has 11 rings (SSSR count). The number of aryl methyl sites for hydroxylation is 2. The number of halogens is 2. The standard InChI is InChI=1S/C59H71F2N9O5/c1-36(71)68-26-20-49-48(35-68)53(69-23-8-9-38-27-46(40-33-63-66(6)34-40)47(52(60)61)29-50(38)69)65-70(49)42-18-24-67(25-19-42)41-16-21-59(22-17-41)30-45(31-59)74-43-13-10-37(11-14-43)54(72)64-55-57(2,3)56(58(55,4)5)75-44-15-12-39(32-62)51(28-44)73-7/h10-15,27-29,33-34,41-42,45,52,55-56H,8-9,16-26,30-31,35H2,1-7H3,(H,64,72). The zero-order chi connectivity index (χ0) is 52.6. The number of fused-ring (bicyclic) bond motifs is 2. The second-order valence-corrected chi connectivity index (χ2v) is 23.6. The Labute approximate surface area is 439 Å². The Balaban J connectivity index is 0.677. The average Bonchev–Trinajstić information content (AvgIpc) is 4.03. The molecule has 1 N–H and O–H groups in total. The summed E-state index contributed by atoms with van der Waals surface area (Å²) in [5.41, 5.74) is 5.88. The maximum atomic E-state index is 14.8. The van der Waals surface area contributed by atoms with E-state index in [9.17, 15) is 23.6 Å². The highest BCUT2D eigenvalue weighted by atomic mass is 19.3. The monoisotopic (exact) mass is 1020 g/mol. The van der Waals surface area contributed by atoms with Gasteiger partial charge >= 0.3 is 0 Å². The summed E-state index contributed by atoms with van der Waals surface area (Å²) in [5.74, 6) is 2.59. The molecule has 3 saturated carbocycles. The fourth-order valence-electron chi connectivity index (χ4n) is 14.4. The van der Waals surface area contributed by atoms with Gasteiger partial charge in [0.25, 0.3) is 12.3 Å². The number of rotatable bonds is 12. The molecule has 0 bridgehead atoms. The zero-order valence-electron chi connectivity index (χ0n) is 44.5. The van der Waals surface area contributed by atoms with Crippen LogP contribution >= 0.6 is 0 Å². The molecule has 4 fully saturated rings. The summed E-state index contributed by atoms with van der Waals surface area (Å²) in [6.07, 6.45) is 12.0. The number of carbonyl (C=O) groups excluding carboxylic acids is 2. The highest BCUT2D eigenvalue weighted by Crippen LogP contribution is 2.56. The van der Waals surface area contributed by atoms with Crippen LogP contribution < -0.4 is 24.4 Å². The molecular formula is C59H71F2N9O5. The second kappa shape index (κ2) is 19.6. The van der Waals surface area contributed by atoms with Crippen molar-refractivity contribution in [3.8, 4) is 34.4 Å². The largest absolute Gasteiger partial charge is 0.495 e. The van der Waals surface area contributed by atoms with Gasteiger partial charge in [-0.2, -0.15) is 15.5 Å². The number of amides is 2. The van der Waals surface area contributed by atoms with Crippen molar-refractivity contribution in [2.45, 2.75) is 149 Å². The Morgan fingerprint density at radius 1 is 0.880 bits per heavy atom. The Bertz CT molecular complexity index is 2990. The lowest BCUT2D eigenvalue weighted by molar-refractivity contribution is -0.164. The van der Waals surface area contributed by atoms with Crippen molar-refractivity contribution >= 4 is 23.3 Å². The summed E-state index contributed by atoms with van der Waals surface area (Å²) in [7, 11) is 3.33. The van der Waals surface area contributed by atoms with Crippen LogP contribution in [0.3, 0.4) is 0 Å². The van der Waals surface area contributed by atoms with Crippen LogP contribution in [0, 0.1) is 27.6 Å². The third-order valence-electron chi connectivity index (χ3n) is 18.2. The number of anilines is 2. The zero-order valence-corrected chi connectivity index (χ0v) is 44.5. The highest BCUT2D eigenvalue weighted by molar-refractivity contribution is 5.94. The van der Waals surface area contributed by atoms with Gasteiger partial charge in [-0.1, -0.05) is 27.7 Å². The van der Waals surface area contributed by atoms with Gasteiger partial charge in [-0.15, -0.1) is 0 Å². The molecular weight excluding hydrogens is 953 g/mol. The van der Waals surface area contributed by atoms with E-state index in [-0.39, 0.29) is 52.5 Å². The molecule has 6 aliphatic rings. The Kier molecular flexibility index (Phi) is 13.2. The van der Waals surface area contributed by atoms with Crippen molar-refractivity contribution in [2.75, 3.05) is 38.2 Å². The lowest BCUT2D eigenvalue weighted by atomic mass is 9.49. The summed E-state index contributed by atoms with van der Waals surface area (Å²) in [6.45, 7) is 13.9. The van der Waals surface area contributed by atoms with Gasteiger partial charge in [0, 0.05) is 115 Å². The van der Waals surface area contributed by atoms with Gasteiger partial charge in [-0.05, 0) is 129 Å². The van der Waals surface area contributed by atoms with Gasteiger partial charge in [0.1, 0.15) is 29.4 Å². The van der Waals surface area contributed by atoms with E-state index in [1.807, 2.05) is 35.2 Å². The minimum atomic E-state index is -2.65. The van der Waals surface area contributed by atoms with E-state index >= 15 is 0 Å². The summed E-state index contributed by atoms with van der Waals surface area (Å²) < 4.78 is 51.9. The first-order valence-corrected chi connectivity index (χ1v) is 27.1. The minimum absolute atomic E-state index is 0.00488. The van der Waals surface area contributed by atoms with Gasteiger partial charge in [0.2, 0.25) is 5.91 Å². The first-order chi connectivity index (χ1) is 35.9. The smallest absolute Gasteiger partial charge is 0.264 e. The van der Waals surface area contributed by atoms with E-state index in [2.05, 4.69) is 58.7 Å². The number of benzene rings is 3. The summed E-state index contributed by atoms with van der Waals surface area (Å²) in [6, 6.07) is 19.2. The molecule has 5 aromatic rings. The number of piperidine rings is 1. The lowest BCUT2D eigenvalue weighted by Gasteiger charge is -2.63. The predicted octanol–water partition coefficient (Wildman–Crippen LogP) is 10.5. The molecule has 1 saturated heterocycles. The van der Waals surface area contributed by atoms with Crippen molar-refractivity contribution in [1.29, 1.82) is 5.26 Å². The third-order valence-corrected chi connectivity index (χ3v) is 18.2. The number of methoxy groups -OCH3 is 1. The van der Waals surface area contributed by atoms with E-state index in [1.54, 1.807) is 55.3 Å². The highest BCUT2D eigenvalue weighted by Gasteiger charge is 2.64. The second-order valence-electron chi connectivity index (χ2n) is 23.6. The molecule has 0 unspecified atom stereocenters. The van der Waals surface area contributed by atoms with E-state index in [4.69, 9.17) is 19.3 Å². The van der Waals surface area contributed by atoms with Crippen LogP contribution in [0.5, 0.6) is 17.2 Å². The van der Waals surface area contributed by atoms with E-state index in [0.29, 0.717) is 64.8 Å². The molecule has 1 spiro atoms. The van der Waals surface area contributed by atoms with Crippen LogP contribution in [0.15, 0.2) is 67.0 Å². The molecule has 2 amide bonds. The van der Waals surface area contributed by atoms with E-state index in [1.165, 1.54) is 38.5 Å². The van der Waals surface area contributed by atoms with E-state index in [0.717, 1.165) is 86.4 Å². The summed E-state index contributed by atoms with van der Waals surface area (Å²) in [4.78, 5) is 33.1. The van der Waals surface area contributed by atoms with Gasteiger partial charge in [-0.25, -0.2) is 8.78 Å². The molecule has 0 atom stereocenters. The van der Waals surface area contributed by atoms with Gasteiger partial charge in [0.15, 0.2) is 5.82 Å². The summed E-state index contributed by atoms with van der Waals surface area (Å²) in [5, 5.41) is 22.4. The number of carbonyl (C=O) groups is 2. The van der Waals surface area contributed by atoms with Crippen molar-refractivity contribution in [3.63, 3.8) is 0 Å². The molecule has 3 aliphatic heterocycles. The first kappa shape index (κ1) is 50.7. The minimum Gasteiger partial charge on any atom is -0.495 e. The first-order valence-electron chi connectivity index (χ1n) is 27.1. The fraction of sp³-hybridized carbons (Fsp3) is 0.542. The van der Waals surface area contributed by atoms with Gasteiger partial charge < -0.3 is 34.2 Å². The van der Waals surface area contributed by atoms with Crippen LogP contribution in [0.4, 0.5) is 20.3 Å². The fourth-order valence-corrected chi connectivity index (χ4v) is 14.4. The van der Waals surface area contributed by atoms with Crippen molar-refractivity contribution < 1.29 is 32.6 Å². The normalized spacial score (nSPS) is 25.1. The van der Waals surface area contributed by atoms with Crippen LogP contribution in [0.1, 0.15) is 143 Å². The molecule has 16 heteroatoms. The lowest BCUT2D eigenvalue weighted by Crippen LogP contribution is -2.74. The van der Waals surface area contributed by atoms with Crippen molar-refractivity contribution in [2.24, 2.45) is 23.3 Å². The number of aromatic nitrogens is 4. The number of ether oxygens (including phenoxy) is 3. The Morgan fingerprint density at radius 3 is 2.25 bits per heavy atom. The summed E-state index contributed by atoms with van der Waals surface area (Å²) >= 11 is 0. The Hall–Kier alpha value is -6.47. The van der Waals surface area contributed by atoms with Crippen molar-refractivity contribution in [1.82, 2.24) is 34.7 Å². The number of likely N-dealkylation sites (tertiary alicyclic amines) is 1. The quantitative estimate of drug-likeness (QED) is 0.128. The number of nitrogens with one attached hydrogen (secondary N) is 1. The number of nitrogens with zero attached hydrogens (tertiary/aromatic N) is 8. The molecule has 5 heterocycles. The molecule has 3 aromatic carbocycles. The molecule has 75 heavy (non-hydrogen) atoms. The maximum Gasteiger partial charge on any atom is 0.264 e. The van der Waals surface area contributed by atoms with Crippen LogP contribution in [-0.2, 0) is 31.2 Å². The third kappa shape index (κ3) is 9.31. The van der Waals surface area contributed by atoms with Crippen LogP contribution in [-0.4, -0.2) is 98.8 Å². The molecule has 0 radical (unpaired) electrons.